The van der Waals surface area contributed by atoms with Crippen LogP contribution < -0.4 is 0 Å². The molecule has 0 bridgehead atoms. The van der Waals surface area contributed by atoms with E-state index in [1.54, 1.807) is 0 Å². The smallest absolute Gasteiger partial charge is 0.0849 e. The van der Waals surface area contributed by atoms with Gasteiger partial charge in [0.1, 0.15) is 0 Å². The quantitative estimate of drug-likeness (QED) is 0.739. The Morgan fingerprint density at radius 1 is 1.24 bits per heavy atom. The lowest BCUT2D eigenvalue weighted by Crippen LogP contribution is -2.40. The van der Waals surface area contributed by atoms with Gasteiger partial charge in [0, 0.05) is 0 Å². The van der Waals surface area contributed by atoms with Gasteiger partial charge in [0.05, 0.1) is 11.5 Å². The molecule has 90 valence electrons. The Morgan fingerprint density at radius 3 is 2.47 bits per heavy atom. The van der Waals surface area contributed by atoms with Gasteiger partial charge in [0.2, 0.25) is 0 Å². The van der Waals surface area contributed by atoms with Crippen LogP contribution in [0.25, 0.3) is 0 Å². The number of piperidine rings is 1. The van der Waals surface area contributed by atoms with Gasteiger partial charge in [-0.15, -0.1) is 0 Å². The first kappa shape index (κ1) is 12.1. The Labute approximate surface area is 104 Å². The van der Waals surface area contributed by atoms with Crippen molar-refractivity contribution in [2.24, 2.45) is 0 Å². The van der Waals surface area contributed by atoms with Gasteiger partial charge in [-0.25, -0.2) is 0 Å². The van der Waals surface area contributed by atoms with Gasteiger partial charge in [0.25, 0.3) is 0 Å². The molecule has 1 aromatic carbocycles. The Hall–Kier alpha value is -1.33. The summed E-state index contributed by atoms with van der Waals surface area (Å²) >= 11 is 0. The number of nitriles is 1. The fourth-order valence-corrected chi connectivity index (χ4v) is 2.69. The molecule has 1 aliphatic rings. The minimum absolute atomic E-state index is 0.261. The van der Waals surface area contributed by atoms with Gasteiger partial charge in [-0.3, -0.25) is 0 Å². The molecule has 1 heterocycles. The molecular formula is C15H20N2. The van der Waals surface area contributed by atoms with Gasteiger partial charge in [-0.1, -0.05) is 23.8 Å². The molecule has 2 heteroatoms. The predicted molar refractivity (Wildman–Crippen MR) is 69.9 cm³/mol. The lowest BCUT2D eigenvalue weighted by molar-refractivity contribution is 0.221. The molecular weight excluding hydrogens is 208 g/mol. The maximum absolute atomic E-state index is 9.63. The van der Waals surface area contributed by atoms with Crippen molar-refractivity contribution in [3.63, 3.8) is 0 Å². The maximum Gasteiger partial charge on any atom is 0.0849 e. The minimum Gasteiger partial charge on any atom is -0.306 e. The molecule has 2 rings (SSSR count). The van der Waals surface area contributed by atoms with E-state index < -0.39 is 0 Å². The topological polar surface area (TPSA) is 27.0 Å². The van der Waals surface area contributed by atoms with Crippen LogP contribution in [-0.4, -0.2) is 25.0 Å². The fraction of sp³-hybridized carbons (Fsp3) is 0.533. The van der Waals surface area contributed by atoms with E-state index in [0.29, 0.717) is 0 Å². The second-order valence-corrected chi connectivity index (χ2v) is 5.32. The molecule has 2 nitrogen and oxygen atoms in total. The fourth-order valence-electron chi connectivity index (χ4n) is 2.69. The lowest BCUT2D eigenvalue weighted by Gasteiger charge is -2.36. The number of nitrogens with zero attached hydrogens (tertiary/aromatic N) is 2. The van der Waals surface area contributed by atoms with Crippen LogP contribution in [-0.2, 0) is 5.41 Å². The number of benzene rings is 1. The number of aryl methyl sites for hydroxylation is 2. The number of rotatable bonds is 1. The van der Waals surface area contributed by atoms with E-state index in [0.717, 1.165) is 25.9 Å². The van der Waals surface area contributed by atoms with E-state index >= 15 is 0 Å². The largest absolute Gasteiger partial charge is 0.306 e. The monoisotopic (exact) mass is 228 g/mol. The first-order valence-corrected chi connectivity index (χ1v) is 6.25. The number of likely N-dealkylation sites (tertiary alicyclic amines) is 1. The van der Waals surface area contributed by atoms with Crippen LogP contribution in [0.4, 0.5) is 0 Å². The van der Waals surface area contributed by atoms with Crippen LogP contribution in [0.15, 0.2) is 18.2 Å². The summed E-state index contributed by atoms with van der Waals surface area (Å²) in [6.07, 6.45) is 1.90. The summed E-state index contributed by atoms with van der Waals surface area (Å²) in [7, 11) is 2.13. The van der Waals surface area contributed by atoms with Crippen LogP contribution in [0, 0.1) is 25.2 Å². The van der Waals surface area contributed by atoms with Crippen molar-refractivity contribution in [2.45, 2.75) is 32.1 Å². The highest BCUT2D eigenvalue weighted by Gasteiger charge is 2.36. The molecule has 17 heavy (non-hydrogen) atoms. The summed E-state index contributed by atoms with van der Waals surface area (Å²) in [5.74, 6) is 0. The van der Waals surface area contributed by atoms with Crippen molar-refractivity contribution in [1.29, 1.82) is 5.26 Å². The van der Waals surface area contributed by atoms with Crippen molar-refractivity contribution in [3.05, 3.63) is 34.9 Å². The van der Waals surface area contributed by atoms with Crippen molar-refractivity contribution in [3.8, 4) is 6.07 Å². The number of hydrogen-bond acceptors (Lipinski definition) is 2. The summed E-state index contributed by atoms with van der Waals surface area (Å²) in [5, 5.41) is 9.63. The minimum atomic E-state index is -0.261. The van der Waals surface area contributed by atoms with Crippen molar-refractivity contribution in [1.82, 2.24) is 4.90 Å². The Bertz CT molecular complexity index is 448. The Balaban J connectivity index is 2.42. The van der Waals surface area contributed by atoms with Crippen molar-refractivity contribution in [2.75, 3.05) is 20.1 Å². The highest BCUT2D eigenvalue weighted by molar-refractivity contribution is 5.41. The van der Waals surface area contributed by atoms with Crippen LogP contribution in [0.5, 0.6) is 0 Å². The van der Waals surface area contributed by atoms with E-state index in [-0.39, 0.29) is 5.41 Å². The molecule has 0 spiro atoms. The molecule has 1 fully saturated rings. The summed E-state index contributed by atoms with van der Waals surface area (Å²) < 4.78 is 0. The van der Waals surface area contributed by atoms with E-state index in [9.17, 15) is 5.26 Å². The summed E-state index contributed by atoms with van der Waals surface area (Å²) in [5.41, 5.74) is 3.48. The molecule has 0 amide bonds. The van der Waals surface area contributed by atoms with Gasteiger partial charge >= 0.3 is 0 Å². The van der Waals surface area contributed by atoms with Crippen molar-refractivity contribution < 1.29 is 0 Å². The second kappa shape index (κ2) is 4.50. The third kappa shape index (κ3) is 2.21. The first-order chi connectivity index (χ1) is 8.07. The second-order valence-electron chi connectivity index (χ2n) is 5.32. The van der Waals surface area contributed by atoms with Gasteiger partial charge < -0.3 is 4.90 Å². The molecule has 1 aromatic rings. The Morgan fingerprint density at radius 2 is 1.88 bits per heavy atom. The molecule has 1 aliphatic heterocycles. The zero-order valence-corrected chi connectivity index (χ0v) is 11.0. The summed E-state index contributed by atoms with van der Waals surface area (Å²) in [4.78, 5) is 2.31. The standard InChI is InChI=1S/C15H20N2/c1-12-4-5-13(2)14(10-12)15(11-16)6-8-17(3)9-7-15/h4-5,10H,6-9H2,1-3H3. The molecule has 0 atom stereocenters. The molecule has 0 aromatic heterocycles. The maximum atomic E-state index is 9.63. The normalized spacial score (nSPS) is 19.9. The summed E-state index contributed by atoms with van der Waals surface area (Å²) in [6.45, 7) is 6.25. The third-order valence-corrected chi connectivity index (χ3v) is 3.96. The van der Waals surface area contributed by atoms with Gasteiger partial charge in [-0.05, 0) is 58.0 Å². The molecule has 0 aliphatic carbocycles. The van der Waals surface area contributed by atoms with Crippen LogP contribution in [0.1, 0.15) is 29.5 Å². The highest BCUT2D eigenvalue weighted by atomic mass is 15.1. The van der Waals surface area contributed by atoms with E-state index in [1.165, 1.54) is 16.7 Å². The van der Waals surface area contributed by atoms with Crippen LogP contribution in [0.2, 0.25) is 0 Å². The highest BCUT2D eigenvalue weighted by Crippen LogP contribution is 2.36. The zero-order chi connectivity index (χ0) is 12.5. The molecule has 0 N–H and O–H groups in total. The average molecular weight is 228 g/mol. The third-order valence-electron chi connectivity index (χ3n) is 3.96. The van der Waals surface area contributed by atoms with Crippen molar-refractivity contribution >= 4 is 0 Å². The molecule has 1 saturated heterocycles. The zero-order valence-electron chi connectivity index (χ0n) is 11.0. The molecule has 0 saturated carbocycles. The SMILES string of the molecule is Cc1ccc(C)c(C2(C#N)CCN(C)CC2)c1. The predicted octanol–water partition coefficient (Wildman–Crippen LogP) is 2.79. The Kier molecular flexibility index (Phi) is 3.22. The van der Waals surface area contributed by atoms with Crippen LogP contribution in [0.3, 0.4) is 0 Å². The van der Waals surface area contributed by atoms with Crippen LogP contribution >= 0.6 is 0 Å². The van der Waals surface area contributed by atoms with E-state index in [4.69, 9.17) is 0 Å². The molecule has 0 radical (unpaired) electrons. The lowest BCUT2D eigenvalue weighted by atomic mass is 9.72. The van der Waals surface area contributed by atoms with E-state index in [1.807, 2.05) is 0 Å². The van der Waals surface area contributed by atoms with E-state index in [2.05, 4.69) is 50.1 Å². The average Bonchev–Trinajstić information content (AvgIpc) is 2.34. The van der Waals surface area contributed by atoms with Gasteiger partial charge in [0.15, 0.2) is 0 Å². The van der Waals surface area contributed by atoms with Gasteiger partial charge in [-0.2, -0.15) is 5.26 Å². The molecule has 0 unspecified atom stereocenters. The summed E-state index contributed by atoms with van der Waals surface area (Å²) in [6, 6.07) is 9.06. The number of hydrogen-bond donors (Lipinski definition) is 0. The first-order valence-electron chi connectivity index (χ1n) is 6.25.